The number of halogens is 3. The van der Waals surface area contributed by atoms with E-state index < -0.39 is 12.0 Å². The molecule has 3 heterocycles. The minimum absolute atomic E-state index is 0.154. The zero-order valence-corrected chi connectivity index (χ0v) is 29.3. The summed E-state index contributed by atoms with van der Waals surface area (Å²) in [6.45, 7) is 3.95. The molecule has 12 heteroatoms. The number of methoxy groups -OCH3 is 1. The van der Waals surface area contributed by atoms with Gasteiger partial charge in [0.25, 0.3) is 5.56 Å². The number of thiazole rings is 1. The monoisotopic (exact) mass is 752 g/mol. The van der Waals surface area contributed by atoms with E-state index in [-0.39, 0.29) is 17.7 Å². The average Bonchev–Trinajstić information content (AvgIpc) is 3.66. The summed E-state index contributed by atoms with van der Waals surface area (Å²) in [5, 5.41) is 0.786. The maximum atomic E-state index is 14.1. The predicted octanol–water partition coefficient (Wildman–Crippen LogP) is 7.72. The lowest BCUT2D eigenvalue weighted by molar-refractivity contribution is -0.139. The van der Waals surface area contributed by atoms with Crippen LogP contribution in [0.3, 0.4) is 0 Å². The third-order valence-electron chi connectivity index (χ3n) is 7.39. The van der Waals surface area contributed by atoms with Crippen LogP contribution in [0.1, 0.15) is 36.8 Å². The second-order valence-electron chi connectivity index (χ2n) is 10.4. The Morgan fingerprint density at radius 1 is 1.09 bits per heavy atom. The first-order valence-corrected chi connectivity index (χ1v) is 16.8. The first-order chi connectivity index (χ1) is 22.7. The van der Waals surface area contributed by atoms with Crippen molar-refractivity contribution in [1.29, 1.82) is 0 Å². The molecule has 8 nitrogen and oxygen atoms in total. The number of carbonyl (C=O) groups is 1. The molecule has 2 aromatic heterocycles. The van der Waals surface area contributed by atoms with Gasteiger partial charge >= 0.3 is 5.97 Å². The molecule has 1 atom stereocenters. The van der Waals surface area contributed by atoms with Crippen molar-refractivity contribution < 1.29 is 23.4 Å². The molecule has 0 saturated carbocycles. The molecule has 0 fully saturated rings. The zero-order valence-electron chi connectivity index (χ0n) is 25.4. The maximum absolute atomic E-state index is 14.1. The highest BCUT2D eigenvalue weighted by atomic mass is 79.9. The van der Waals surface area contributed by atoms with Crippen LogP contribution in [0.25, 0.3) is 17.4 Å². The second-order valence-corrected chi connectivity index (χ2v) is 13.1. The van der Waals surface area contributed by atoms with Gasteiger partial charge in [0.1, 0.15) is 24.2 Å². The van der Waals surface area contributed by atoms with E-state index in [1.165, 1.54) is 15.9 Å². The SMILES string of the molecule is CCOC(=O)C1=C(C)N=c2s/c(=C\c3cc(Br)c(OCc4ccccc4)c(OC)c3)c(=O)n2[C@@H]1c1ccc(-c2ccc(Cl)c(Cl)c2)o1. The lowest BCUT2D eigenvalue weighted by Gasteiger charge is -2.22. The number of aromatic nitrogens is 1. The Labute approximate surface area is 292 Å². The third-order valence-corrected chi connectivity index (χ3v) is 9.70. The van der Waals surface area contributed by atoms with Gasteiger partial charge in [-0.05, 0) is 89.4 Å². The molecule has 0 amide bonds. The summed E-state index contributed by atoms with van der Waals surface area (Å²) in [5.41, 5.74) is 2.69. The van der Waals surface area contributed by atoms with Crippen LogP contribution in [0.2, 0.25) is 10.0 Å². The summed E-state index contributed by atoms with van der Waals surface area (Å²) >= 11 is 17.2. The van der Waals surface area contributed by atoms with Gasteiger partial charge in [0.2, 0.25) is 0 Å². The van der Waals surface area contributed by atoms with Gasteiger partial charge in [-0.3, -0.25) is 9.36 Å². The second kappa shape index (κ2) is 13.9. The smallest absolute Gasteiger partial charge is 0.338 e. The molecule has 0 spiro atoms. The molecule has 5 aromatic rings. The molecule has 0 saturated heterocycles. The van der Waals surface area contributed by atoms with Gasteiger partial charge < -0.3 is 18.6 Å². The van der Waals surface area contributed by atoms with Crippen molar-refractivity contribution in [2.24, 2.45) is 4.99 Å². The van der Waals surface area contributed by atoms with E-state index in [1.807, 2.05) is 36.4 Å². The number of hydrogen-bond acceptors (Lipinski definition) is 8. The number of fused-ring (bicyclic) bond motifs is 1. The number of hydrogen-bond donors (Lipinski definition) is 0. The quantitative estimate of drug-likeness (QED) is 0.143. The molecule has 0 aliphatic carbocycles. The molecule has 3 aromatic carbocycles. The molecule has 0 unspecified atom stereocenters. The van der Waals surface area contributed by atoms with Crippen LogP contribution in [-0.2, 0) is 16.1 Å². The van der Waals surface area contributed by atoms with Crippen LogP contribution in [0.4, 0.5) is 0 Å². The van der Waals surface area contributed by atoms with E-state index in [4.69, 9.17) is 41.8 Å². The van der Waals surface area contributed by atoms with Crippen LogP contribution >= 0.6 is 50.5 Å². The Morgan fingerprint density at radius 3 is 2.60 bits per heavy atom. The molecule has 0 N–H and O–H groups in total. The Hall–Kier alpha value is -4.09. The Bertz CT molecular complexity index is 2210. The molecular formula is C35H27BrCl2N2O6S. The number of ether oxygens (including phenoxy) is 3. The molecule has 240 valence electrons. The van der Waals surface area contributed by atoms with Crippen molar-refractivity contribution >= 4 is 62.5 Å². The van der Waals surface area contributed by atoms with Crippen molar-refractivity contribution in [3.05, 3.63) is 135 Å². The Morgan fingerprint density at radius 2 is 1.87 bits per heavy atom. The van der Waals surface area contributed by atoms with Crippen LogP contribution in [0.15, 0.2) is 103 Å². The molecule has 1 aliphatic rings. The number of furan rings is 1. The zero-order chi connectivity index (χ0) is 33.2. The van der Waals surface area contributed by atoms with Crippen LogP contribution in [0.5, 0.6) is 11.5 Å². The van der Waals surface area contributed by atoms with E-state index in [2.05, 4.69) is 20.9 Å². The Balaban J connectivity index is 1.42. The molecule has 1 aliphatic heterocycles. The molecular weight excluding hydrogens is 727 g/mol. The summed E-state index contributed by atoms with van der Waals surface area (Å²) in [4.78, 5) is 32.5. The van der Waals surface area contributed by atoms with Crippen molar-refractivity contribution in [2.75, 3.05) is 13.7 Å². The first kappa shape index (κ1) is 32.8. The first-order valence-electron chi connectivity index (χ1n) is 14.5. The van der Waals surface area contributed by atoms with Gasteiger partial charge in [0.05, 0.1) is 44.0 Å². The fourth-order valence-electron chi connectivity index (χ4n) is 5.21. The van der Waals surface area contributed by atoms with Gasteiger partial charge in [-0.2, -0.15) is 0 Å². The average molecular weight is 754 g/mol. The van der Waals surface area contributed by atoms with Crippen molar-refractivity contribution in [3.8, 4) is 22.8 Å². The van der Waals surface area contributed by atoms with Gasteiger partial charge in [-0.25, -0.2) is 9.79 Å². The minimum Gasteiger partial charge on any atom is -0.493 e. The fraction of sp³-hybridized carbons (Fsp3) is 0.171. The third kappa shape index (κ3) is 6.69. The van der Waals surface area contributed by atoms with Crippen LogP contribution in [-0.4, -0.2) is 24.3 Å². The highest BCUT2D eigenvalue weighted by Gasteiger charge is 2.35. The van der Waals surface area contributed by atoms with Gasteiger partial charge in [0, 0.05) is 5.56 Å². The number of allylic oxidation sites excluding steroid dienone is 1. The van der Waals surface area contributed by atoms with Crippen molar-refractivity contribution in [2.45, 2.75) is 26.5 Å². The largest absolute Gasteiger partial charge is 0.493 e. The summed E-state index contributed by atoms with van der Waals surface area (Å²) in [7, 11) is 1.56. The van der Waals surface area contributed by atoms with Gasteiger partial charge in [0.15, 0.2) is 16.3 Å². The normalized spacial score (nSPS) is 14.5. The predicted molar refractivity (Wildman–Crippen MR) is 186 cm³/mol. The molecule has 6 rings (SSSR count). The van der Waals surface area contributed by atoms with Gasteiger partial charge in [-0.1, -0.05) is 64.9 Å². The van der Waals surface area contributed by atoms with Crippen LogP contribution < -0.4 is 24.4 Å². The molecule has 0 radical (unpaired) electrons. The van der Waals surface area contributed by atoms with E-state index in [0.29, 0.717) is 70.3 Å². The van der Waals surface area contributed by atoms with Crippen LogP contribution in [0, 0.1) is 0 Å². The highest BCUT2D eigenvalue weighted by Crippen LogP contribution is 2.38. The van der Waals surface area contributed by atoms with E-state index >= 15 is 0 Å². The number of nitrogens with zero attached hydrogens (tertiary/aromatic N) is 2. The lowest BCUT2D eigenvalue weighted by atomic mass is 10.0. The topological polar surface area (TPSA) is 92.3 Å². The minimum atomic E-state index is -0.918. The number of benzene rings is 3. The number of esters is 1. The Kier molecular flexibility index (Phi) is 9.75. The summed E-state index contributed by atoms with van der Waals surface area (Å²) in [6, 6.07) is 21.2. The lowest BCUT2D eigenvalue weighted by Crippen LogP contribution is -2.39. The molecule has 0 bridgehead atoms. The van der Waals surface area contributed by atoms with Gasteiger partial charge in [-0.15, -0.1) is 0 Å². The highest BCUT2D eigenvalue weighted by molar-refractivity contribution is 9.10. The summed E-state index contributed by atoms with van der Waals surface area (Å²) < 4.78 is 25.9. The summed E-state index contributed by atoms with van der Waals surface area (Å²) in [5.74, 6) is 1.31. The number of carbonyl (C=O) groups excluding carboxylic acids is 1. The summed E-state index contributed by atoms with van der Waals surface area (Å²) in [6.07, 6.45) is 1.75. The number of rotatable bonds is 9. The van der Waals surface area contributed by atoms with Crippen molar-refractivity contribution in [3.63, 3.8) is 0 Å². The molecule has 47 heavy (non-hydrogen) atoms. The standard InChI is InChI=1S/C35H27BrCl2N2O6S/c1-4-44-34(42)30-19(2)39-35-40(31(30)27-13-12-26(46-27)22-10-11-24(37)25(38)17-22)33(41)29(47-35)16-21-14-23(36)32(28(15-21)43-3)45-18-20-8-6-5-7-9-20/h5-17,31H,4,18H2,1-3H3/b29-16-/t31-/m1/s1. The maximum Gasteiger partial charge on any atom is 0.338 e. The van der Waals surface area contributed by atoms with E-state index in [9.17, 15) is 9.59 Å². The van der Waals surface area contributed by atoms with Crippen molar-refractivity contribution in [1.82, 2.24) is 4.57 Å². The van der Waals surface area contributed by atoms with E-state index in [1.54, 1.807) is 63.4 Å². The van der Waals surface area contributed by atoms with E-state index in [0.717, 1.165) is 5.56 Å². The fourth-order valence-corrected chi connectivity index (χ4v) is 7.13.